The molecule has 1 aliphatic rings. The zero-order valence-electron chi connectivity index (χ0n) is 13.9. The van der Waals surface area contributed by atoms with Crippen LogP contribution in [0.3, 0.4) is 0 Å². The lowest BCUT2D eigenvalue weighted by Gasteiger charge is -2.30. The molecule has 1 aliphatic heterocycles. The zero-order valence-corrected chi connectivity index (χ0v) is 13.9. The van der Waals surface area contributed by atoms with Crippen molar-refractivity contribution in [2.24, 2.45) is 4.99 Å². The van der Waals surface area contributed by atoms with E-state index >= 15 is 0 Å². The third kappa shape index (κ3) is 2.60. The molecule has 0 atom stereocenters. The number of benzene rings is 1. The highest BCUT2D eigenvalue weighted by molar-refractivity contribution is 5.92. The molecule has 24 heavy (non-hydrogen) atoms. The lowest BCUT2D eigenvalue weighted by molar-refractivity contribution is 0.0599. The lowest BCUT2D eigenvalue weighted by Crippen LogP contribution is -2.34. The molecule has 0 radical (unpaired) electrons. The van der Waals surface area contributed by atoms with Gasteiger partial charge in [-0.1, -0.05) is 12.1 Å². The van der Waals surface area contributed by atoms with Crippen LogP contribution in [0.25, 0.3) is 0 Å². The van der Waals surface area contributed by atoms with Crippen LogP contribution in [0.5, 0.6) is 5.75 Å². The van der Waals surface area contributed by atoms with Crippen molar-refractivity contribution in [3.8, 4) is 5.75 Å². The summed E-state index contributed by atoms with van der Waals surface area (Å²) in [6, 6.07) is 7.14. The molecule has 0 aliphatic carbocycles. The average Bonchev–Trinajstić information content (AvgIpc) is 2.84. The second-order valence-electron chi connectivity index (χ2n) is 6.12. The first-order valence-electron chi connectivity index (χ1n) is 7.59. The molecular weight excluding hydrogens is 306 g/mol. The van der Waals surface area contributed by atoms with E-state index in [0.717, 1.165) is 11.1 Å². The number of carbonyl (C=O) groups is 1. The minimum absolute atomic E-state index is 0.0750. The summed E-state index contributed by atoms with van der Waals surface area (Å²) in [5.41, 5.74) is 2.64. The van der Waals surface area contributed by atoms with Crippen LogP contribution >= 0.6 is 0 Å². The molecule has 1 aromatic heterocycles. The van der Waals surface area contributed by atoms with E-state index in [1.54, 1.807) is 12.4 Å². The van der Waals surface area contributed by atoms with E-state index in [-0.39, 0.29) is 17.3 Å². The van der Waals surface area contributed by atoms with Gasteiger partial charge in [-0.2, -0.15) is 0 Å². The Balaban J connectivity index is 1.95. The van der Waals surface area contributed by atoms with Gasteiger partial charge < -0.3 is 14.7 Å². The van der Waals surface area contributed by atoms with Crippen LogP contribution in [0.1, 0.15) is 35.3 Å². The van der Waals surface area contributed by atoms with Gasteiger partial charge in [0.15, 0.2) is 0 Å². The molecule has 3 rings (SSSR count). The van der Waals surface area contributed by atoms with Crippen LogP contribution in [0.15, 0.2) is 41.7 Å². The Kier molecular flexibility index (Phi) is 3.97. The molecule has 6 heteroatoms. The summed E-state index contributed by atoms with van der Waals surface area (Å²) in [6.07, 6.45) is 4.69. The highest BCUT2D eigenvalue weighted by Gasteiger charge is 2.38. The maximum Gasteiger partial charge on any atom is 0.338 e. The van der Waals surface area contributed by atoms with Crippen molar-refractivity contribution in [1.29, 1.82) is 0 Å². The van der Waals surface area contributed by atoms with Gasteiger partial charge in [-0.05, 0) is 31.0 Å². The summed E-state index contributed by atoms with van der Waals surface area (Å²) in [7, 11) is 1.38. The molecule has 0 amide bonds. The third-order valence-electron chi connectivity index (χ3n) is 4.40. The number of fused-ring (bicyclic) bond motifs is 1. The van der Waals surface area contributed by atoms with Gasteiger partial charge in [0, 0.05) is 18.8 Å². The topological polar surface area (TPSA) is 75.0 Å². The van der Waals surface area contributed by atoms with E-state index < -0.39 is 0 Å². The van der Waals surface area contributed by atoms with E-state index in [1.807, 2.05) is 17.0 Å². The van der Waals surface area contributed by atoms with Gasteiger partial charge in [0.1, 0.15) is 11.4 Å². The van der Waals surface area contributed by atoms with Crippen LogP contribution in [-0.2, 0) is 16.8 Å². The first-order valence-corrected chi connectivity index (χ1v) is 7.59. The predicted octanol–water partition coefficient (Wildman–Crippen LogP) is 2.98. The molecular formula is C18H19N3O3. The number of nitrogens with zero attached hydrogens (tertiary/aromatic N) is 3. The quantitative estimate of drug-likeness (QED) is 0.533. The largest absolute Gasteiger partial charge is 0.506 e. The van der Waals surface area contributed by atoms with Gasteiger partial charge in [-0.25, -0.2) is 9.79 Å². The van der Waals surface area contributed by atoms with Gasteiger partial charge in [0.05, 0.1) is 30.7 Å². The third-order valence-corrected chi connectivity index (χ3v) is 4.40. The van der Waals surface area contributed by atoms with Gasteiger partial charge >= 0.3 is 5.97 Å². The van der Waals surface area contributed by atoms with E-state index in [9.17, 15) is 9.90 Å². The first-order chi connectivity index (χ1) is 11.4. The molecule has 0 bridgehead atoms. The second kappa shape index (κ2) is 5.96. The predicted molar refractivity (Wildman–Crippen MR) is 90.4 cm³/mol. The van der Waals surface area contributed by atoms with Gasteiger partial charge in [0.25, 0.3) is 0 Å². The van der Waals surface area contributed by atoms with Crippen LogP contribution < -0.4 is 0 Å². The van der Waals surface area contributed by atoms with Crippen molar-refractivity contribution in [3.05, 3.63) is 53.3 Å². The molecule has 0 fully saturated rings. The minimum atomic E-state index is -0.341. The van der Waals surface area contributed by atoms with E-state index in [1.165, 1.54) is 25.6 Å². The molecule has 1 aromatic carbocycles. The molecule has 0 spiro atoms. The number of hydrogen-bond acceptors (Lipinski definition) is 5. The van der Waals surface area contributed by atoms with Crippen molar-refractivity contribution < 1.29 is 14.6 Å². The van der Waals surface area contributed by atoms with E-state index in [0.29, 0.717) is 17.8 Å². The van der Waals surface area contributed by atoms with Crippen LogP contribution in [-0.4, -0.2) is 34.4 Å². The molecule has 124 valence electrons. The molecule has 1 N–H and O–H groups in total. The van der Waals surface area contributed by atoms with Crippen molar-refractivity contribution in [1.82, 2.24) is 9.88 Å². The number of rotatable bonds is 3. The monoisotopic (exact) mass is 325 g/mol. The Morgan fingerprint density at radius 2 is 2.21 bits per heavy atom. The Labute approximate surface area is 140 Å². The molecule has 2 aromatic rings. The van der Waals surface area contributed by atoms with Crippen molar-refractivity contribution >= 4 is 18.0 Å². The fraction of sp³-hybridized carbons (Fsp3) is 0.278. The Morgan fingerprint density at radius 1 is 1.42 bits per heavy atom. The van der Waals surface area contributed by atoms with Crippen LogP contribution in [0.4, 0.5) is 5.69 Å². The molecule has 0 unspecified atom stereocenters. The summed E-state index contributed by atoms with van der Waals surface area (Å²) in [5.74, 6) is -0.266. The van der Waals surface area contributed by atoms with Crippen molar-refractivity contribution in [2.75, 3.05) is 7.11 Å². The average molecular weight is 325 g/mol. The van der Waals surface area contributed by atoms with Crippen LogP contribution in [0.2, 0.25) is 0 Å². The maximum atomic E-state index is 12.0. The number of ether oxygens (including phenoxy) is 1. The number of hydrogen-bond donors (Lipinski definition) is 1. The number of carbonyl (C=O) groups excluding carboxylic acids is 1. The van der Waals surface area contributed by atoms with Crippen LogP contribution in [0, 0.1) is 0 Å². The number of pyridine rings is 1. The smallest absolute Gasteiger partial charge is 0.338 e. The first kappa shape index (κ1) is 16.0. The fourth-order valence-electron chi connectivity index (χ4n) is 2.95. The highest BCUT2D eigenvalue weighted by Crippen LogP contribution is 2.39. The molecule has 0 saturated carbocycles. The lowest BCUT2D eigenvalue weighted by atomic mass is 9.92. The SMILES string of the molecule is COC(=O)c1cccc2c1CN(/C=N/c1cnccc1O)C2(C)C. The summed E-state index contributed by atoms with van der Waals surface area (Å²) < 4.78 is 4.88. The molecule has 2 heterocycles. The summed E-state index contributed by atoms with van der Waals surface area (Å²) >= 11 is 0. The maximum absolute atomic E-state index is 12.0. The summed E-state index contributed by atoms with van der Waals surface area (Å²) in [5, 5.41) is 9.80. The zero-order chi connectivity index (χ0) is 17.3. The van der Waals surface area contributed by atoms with Crippen molar-refractivity contribution in [3.63, 3.8) is 0 Å². The number of aromatic hydroxyl groups is 1. The summed E-state index contributed by atoms with van der Waals surface area (Å²) in [4.78, 5) is 22.3. The van der Waals surface area contributed by atoms with E-state index in [2.05, 4.69) is 23.8 Å². The number of esters is 1. The fourth-order valence-corrected chi connectivity index (χ4v) is 2.95. The van der Waals surface area contributed by atoms with Gasteiger partial charge in [0.2, 0.25) is 0 Å². The van der Waals surface area contributed by atoms with Gasteiger partial charge in [-0.3, -0.25) is 4.98 Å². The Bertz CT molecular complexity index is 815. The minimum Gasteiger partial charge on any atom is -0.506 e. The second-order valence-corrected chi connectivity index (χ2v) is 6.12. The number of methoxy groups -OCH3 is 1. The Morgan fingerprint density at radius 3 is 2.92 bits per heavy atom. The molecule has 6 nitrogen and oxygen atoms in total. The number of aliphatic imine (C=N–C) groups is 1. The van der Waals surface area contributed by atoms with E-state index in [4.69, 9.17) is 4.74 Å². The standard InChI is InChI=1S/C18H19N3O3/c1-18(2)14-6-4-5-12(17(23)24-3)13(14)10-21(18)11-20-15-9-19-8-7-16(15)22/h4-9,11H,10H2,1-3H3,(H,19,22)/b20-11+. The number of aromatic nitrogens is 1. The Hall–Kier alpha value is -2.89. The normalized spacial score (nSPS) is 15.5. The molecule has 0 saturated heterocycles. The van der Waals surface area contributed by atoms with Gasteiger partial charge in [-0.15, -0.1) is 0 Å². The summed E-state index contributed by atoms with van der Waals surface area (Å²) in [6.45, 7) is 4.67. The highest BCUT2D eigenvalue weighted by atomic mass is 16.5. The van der Waals surface area contributed by atoms with Crippen molar-refractivity contribution in [2.45, 2.75) is 25.9 Å².